The van der Waals surface area contributed by atoms with E-state index in [2.05, 4.69) is 15.2 Å². The Morgan fingerprint density at radius 2 is 2.02 bits per heavy atom. The van der Waals surface area contributed by atoms with E-state index in [1.165, 1.54) is 29.2 Å². The van der Waals surface area contributed by atoms with Gasteiger partial charge in [-0.25, -0.2) is 9.37 Å². The van der Waals surface area contributed by atoms with E-state index in [1.807, 2.05) is 0 Å². The van der Waals surface area contributed by atoms with Gasteiger partial charge in [0.05, 0.1) is 36.6 Å². The lowest BCUT2D eigenvalue weighted by Gasteiger charge is -2.44. The highest BCUT2D eigenvalue weighted by molar-refractivity contribution is 7.80. The molecule has 2 atom stereocenters. The second kappa shape index (κ2) is 11.5. The average Bonchev–Trinajstić information content (AvgIpc) is 3.17. The van der Waals surface area contributed by atoms with Gasteiger partial charge in [0, 0.05) is 25.3 Å². The number of ether oxygens (including phenoxy) is 1. The van der Waals surface area contributed by atoms with Crippen LogP contribution in [-0.4, -0.2) is 82.8 Å². The van der Waals surface area contributed by atoms with Gasteiger partial charge in [-0.3, -0.25) is 19.4 Å². The molecule has 4 aliphatic rings. The molecule has 1 aromatic heterocycles. The molecule has 2 amide bonds. The number of nitrogens with zero attached hydrogens (tertiary/aromatic N) is 5. The number of hydrogen-bond donors (Lipinski definition) is 1. The summed E-state index contributed by atoms with van der Waals surface area (Å²) in [6.07, 6.45) is 0.704. The van der Waals surface area contributed by atoms with Crippen LogP contribution in [0.25, 0.3) is 0 Å². The van der Waals surface area contributed by atoms with Crippen LogP contribution in [0.2, 0.25) is 0 Å². The molecule has 9 nitrogen and oxygen atoms in total. The minimum Gasteiger partial charge on any atom is -0.379 e. The van der Waals surface area contributed by atoms with Crippen molar-refractivity contribution in [3.05, 3.63) is 47.4 Å². The van der Waals surface area contributed by atoms with E-state index in [0.29, 0.717) is 51.5 Å². The number of allylic oxidation sites excluding steroid dienone is 2. The minimum absolute atomic E-state index is 0.122. The normalized spacial score (nSPS) is 24.3. The molecule has 41 heavy (non-hydrogen) atoms. The summed E-state index contributed by atoms with van der Waals surface area (Å²) < 4.78 is 61.4. The van der Waals surface area contributed by atoms with E-state index in [9.17, 15) is 22.8 Å². The van der Waals surface area contributed by atoms with Crippen LogP contribution in [-0.2, 0) is 20.5 Å². The molecule has 3 heterocycles. The quantitative estimate of drug-likeness (QED) is 0.293. The standard InChI is InChI=1S/C27H28F4N6O3S/c28-21-14-17(3-4-19(21)23(38)33-7-2-8-35-9-11-40-12-10-35)37-25(41)36(24(39)26(37)5-1-6-26)18-13-20(27(29,30)31)22(15-32)34-16-18/h3-4,13-14,16,19,21H,1-2,5-12H2,(H,33,38). The molecule has 1 N–H and O–H groups in total. The summed E-state index contributed by atoms with van der Waals surface area (Å²) in [4.78, 5) is 34.6. The van der Waals surface area contributed by atoms with Gasteiger partial charge in [0.15, 0.2) is 10.8 Å². The fourth-order valence-electron chi connectivity index (χ4n) is 5.56. The van der Waals surface area contributed by atoms with E-state index in [0.717, 1.165) is 30.7 Å². The summed E-state index contributed by atoms with van der Waals surface area (Å²) in [6.45, 7) is 4.23. The van der Waals surface area contributed by atoms with Gasteiger partial charge in [-0.15, -0.1) is 0 Å². The van der Waals surface area contributed by atoms with Gasteiger partial charge in [0.2, 0.25) is 5.91 Å². The van der Waals surface area contributed by atoms with E-state index in [1.54, 1.807) is 0 Å². The number of morpholine rings is 1. The summed E-state index contributed by atoms with van der Waals surface area (Å²) in [7, 11) is 0. The van der Waals surface area contributed by atoms with Crippen LogP contribution in [0.4, 0.5) is 23.2 Å². The lowest BCUT2D eigenvalue weighted by atomic mass is 9.75. The lowest BCUT2D eigenvalue weighted by molar-refractivity contribution is -0.138. The summed E-state index contributed by atoms with van der Waals surface area (Å²) in [5, 5.41) is 11.7. The maximum atomic E-state index is 15.3. The third kappa shape index (κ3) is 5.45. The summed E-state index contributed by atoms with van der Waals surface area (Å²) in [5.74, 6) is -2.08. The first-order valence-electron chi connectivity index (χ1n) is 13.3. The molecule has 2 unspecified atom stereocenters. The fraction of sp³-hybridized carbons (Fsp3) is 0.519. The number of pyridine rings is 1. The molecule has 1 aromatic rings. The van der Waals surface area contributed by atoms with Crippen molar-refractivity contribution in [2.24, 2.45) is 5.92 Å². The van der Waals surface area contributed by atoms with Crippen LogP contribution in [0.15, 0.2) is 36.2 Å². The Kier molecular flexibility index (Phi) is 8.13. The Morgan fingerprint density at radius 1 is 1.29 bits per heavy atom. The Labute approximate surface area is 239 Å². The van der Waals surface area contributed by atoms with E-state index >= 15 is 4.39 Å². The largest absolute Gasteiger partial charge is 0.419 e. The van der Waals surface area contributed by atoms with Crippen molar-refractivity contribution in [1.82, 2.24) is 20.1 Å². The molecule has 14 heteroatoms. The maximum Gasteiger partial charge on any atom is 0.419 e. The lowest BCUT2D eigenvalue weighted by Crippen LogP contribution is -2.54. The number of thiocarbonyl (C=S) groups is 1. The minimum atomic E-state index is -4.87. The number of halogens is 4. The van der Waals surface area contributed by atoms with E-state index < -0.39 is 46.9 Å². The van der Waals surface area contributed by atoms with Crippen LogP contribution in [0.3, 0.4) is 0 Å². The highest BCUT2D eigenvalue weighted by Gasteiger charge is 2.60. The summed E-state index contributed by atoms with van der Waals surface area (Å²) >= 11 is 5.56. The Bertz CT molecular complexity index is 1330. The highest BCUT2D eigenvalue weighted by atomic mass is 32.1. The first-order valence-corrected chi connectivity index (χ1v) is 13.8. The number of carbonyl (C=O) groups is 2. The van der Waals surface area contributed by atoms with Gasteiger partial charge >= 0.3 is 6.18 Å². The third-order valence-electron chi connectivity index (χ3n) is 7.90. The molecule has 1 saturated carbocycles. The fourth-order valence-corrected chi connectivity index (χ4v) is 6.03. The van der Waals surface area contributed by atoms with Gasteiger partial charge in [-0.1, -0.05) is 6.08 Å². The molecular weight excluding hydrogens is 564 g/mol. The molecule has 3 fully saturated rings. The molecule has 2 aliphatic carbocycles. The van der Waals surface area contributed by atoms with Gasteiger partial charge in [0.1, 0.15) is 17.8 Å². The summed E-state index contributed by atoms with van der Waals surface area (Å²) in [6, 6.07) is 2.09. The number of rotatable bonds is 7. The molecular formula is C27H28F4N6O3S. The molecule has 5 rings (SSSR count). The number of carbonyl (C=O) groups excluding carboxylic acids is 2. The van der Waals surface area contributed by atoms with Gasteiger partial charge in [-0.05, 0) is 62.7 Å². The second-order valence-electron chi connectivity index (χ2n) is 10.4. The molecule has 2 aliphatic heterocycles. The molecule has 0 bridgehead atoms. The van der Waals surface area contributed by atoms with Gasteiger partial charge in [0.25, 0.3) is 5.91 Å². The zero-order chi connectivity index (χ0) is 29.4. The van der Waals surface area contributed by atoms with Crippen molar-refractivity contribution in [2.45, 2.75) is 43.6 Å². The predicted octanol–water partition coefficient (Wildman–Crippen LogP) is 3.07. The van der Waals surface area contributed by atoms with Crippen LogP contribution in [0, 0.1) is 17.2 Å². The highest BCUT2D eigenvalue weighted by Crippen LogP contribution is 2.48. The number of nitriles is 1. The van der Waals surface area contributed by atoms with Crippen molar-refractivity contribution in [1.29, 1.82) is 5.26 Å². The molecule has 2 saturated heterocycles. The number of amides is 2. The molecule has 1 spiro atoms. The molecule has 218 valence electrons. The maximum absolute atomic E-state index is 15.3. The number of alkyl halides is 4. The predicted molar refractivity (Wildman–Crippen MR) is 143 cm³/mol. The van der Waals surface area contributed by atoms with E-state index in [-0.39, 0.29) is 16.5 Å². The summed E-state index contributed by atoms with van der Waals surface area (Å²) in [5.41, 5.74) is -3.25. The smallest absolute Gasteiger partial charge is 0.379 e. The van der Waals surface area contributed by atoms with Crippen molar-refractivity contribution in [3.63, 3.8) is 0 Å². The number of aromatic nitrogens is 1. The number of anilines is 1. The molecule has 0 aromatic carbocycles. The molecule has 0 radical (unpaired) electrons. The van der Waals surface area contributed by atoms with Crippen molar-refractivity contribution < 1.29 is 31.9 Å². The number of nitrogens with one attached hydrogen (secondary N) is 1. The van der Waals surface area contributed by atoms with E-state index in [4.69, 9.17) is 22.2 Å². The van der Waals surface area contributed by atoms with Crippen LogP contribution >= 0.6 is 12.2 Å². The SMILES string of the molecule is N#Cc1ncc(N2C(=O)C3(CCC3)N(C3=CC(F)C(C(=O)NCCCN4CCOCC4)C=C3)C2=S)cc1C(F)(F)F. The van der Waals surface area contributed by atoms with Gasteiger partial charge < -0.3 is 15.0 Å². The number of hydrogen-bond acceptors (Lipinski definition) is 7. The van der Waals surface area contributed by atoms with Crippen molar-refractivity contribution in [2.75, 3.05) is 44.3 Å². The Morgan fingerprint density at radius 3 is 2.63 bits per heavy atom. The van der Waals surface area contributed by atoms with Crippen molar-refractivity contribution in [3.8, 4) is 6.07 Å². The van der Waals surface area contributed by atoms with Gasteiger partial charge in [-0.2, -0.15) is 18.4 Å². The van der Waals surface area contributed by atoms with Crippen molar-refractivity contribution >= 4 is 34.8 Å². The topological polar surface area (TPSA) is 102 Å². The average molecular weight is 593 g/mol. The van der Waals surface area contributed by atoms with Crippen LogP contribution < -0.4 is 10.2 Å². The van der Waals surface area contributed by atoms with Crippen LogP contribution in [0.1, 0.15) is 36.9 Å². The second-order valence-corrected chi connectivity index (χ2v) is 10.7. The monoisotopic (exact) mass is 592 g/mol. The third-order valence-corrected chi connectivity index (χ3v) is 8.26. The first kappa shape index (κ1) is 29.1. The zero-order valence-corrected chi connectivity index (χ0v) is 22.8. The van der Waals surface area contributed by atoms with Crippen LogP contribution in [0.5, 0.6) is 0 Å². The Hall–Kier alpha value is -3.41. The zero-order valence-electron chi connectivity index (χ0n) is 22.0. The first-order chi connectivity index (χ1) is 19.6. The Balaban J connectivity index is 1.30.